The molecule has 2 N–H and O–H groups in total. The Bertz CT molecular complexity index is 2270. The molecular formula is C32H19Cl3F2N2O7S2. The first-order valence-electron chi connectivity index (χ1n) is 13.4. The number of benzene rings is 5. The van der Waals surface area contributed by atoms with Gasteiger partial charge < -0.3 is 10.1 Å². The summed E-state index contributed by atoms with van der Waals surface area (Å²) in [4.78, 5) is 23.6. The van der Waals surface area contributed by atoms with E-state index in [1.165, 1.54) is 66.7 Å². The first-order chi connectivity index (χ1) is 22.7. The van der Waals surface area contributed by atoms with Crippen molar-refractivity contribution in [3.63, 3.8) is 0 Å². The highest BCUT2D eigenvalue weighted by molar-refractivity contribution is 7.92. The molecule has 0 aliphatic heterocycles. The number of halogens is 5. The Hall–Kier alpha value is -4.53. The van der Waals surface area contributed by atoms with Crippen molar-refractivity contribution in [2.75, 3.05) is 5.32 Å². The van der Waals surface area contributed by atoms with Crippen molar-refractivity contribution in [3.05, 3.63) is 135 Å². The molecule has 0 aliphatic carbocycles. The van der Waals surface area contributed by atoms with Crippen LogP contribution in [-0.2, 0) is 19.7 Å². The normalized spacial score (nSPS) is 11.5. The van der Waals surface area contributed by atoms with Crippen LogP contribution in [0.4, 0.5) is 19.3 Å². The van der Waals surface area contributed by atoms with E-state index in [0.29, 0.717) is 5.02 Å². The first kappa shape index (κ1) is 34.8. The number of rotatable bonds is 8. The van der Waals surface area contributed by atoms with Gasteiger partial charge in [0.2, 0.25) is 19.7 Å². The van der Waals surface area contributed by atoms with Gasteiger partial charge in [0, 0.05) is 10.7 Å². The number of imide groups is 1. The average molecular weight is 752 g/mol. The predicted molar refractivity (Wildman–Crippen MR) is 175 cm³/mol. The Morgan fingerprint density at radius 3 is 1.83 bits per heavy atom. The lowest BCUT2D eigenvalue weighted by Crippen LogP contribution is -2.35. The van der Waals surface area contributed by atoms with Gasteiger partial charge >= 0.3 is 6.03 Å². The van der Waals surface area contributed by atoms with Gasteiger partial charge in [-0.3, -0.25) is 10.1 Å². The van der Waals surface area contributed by atoms with Gasteiger partial charge in [0.05, 0.1) is 29.6 Å². The molecule has 0 aliphatic rings. The fourth-order valence-corrected chi connectivity index (χ4v) is 7.75. The highest BCUT2D eigenvalue weighted by Gasteiger charge is 2.25. The van der Waals surface area contributed by atoms with E-state index in [1.54, 1.807) is 0 Å². The fraction of sp³-hybridized carbons (Fsp3) is 0. The van der Waals surface area contributed by atoms with E-state index >= 15 is 0 Å². The van der Waals surface area contributed by atoms with E-state index < -0.39 is 48.8 Å². The van der Waals surface area contributed by atoms with Crippen LogP contribution in [0, 0.1) is 11.6 Å². The summed E-state index contributed by atoms with van der Waals surface area (Å²) in [5.74, 6) is -3.28. The third kappa shape index (κ3) is 7.45. The van der Waals surface area contributed by atoms with Gasteiger partial charge in [-0.2, -0.15) is 0 Å². The molecule has 5 aromatic rings. The van der Waals surface area contributed by atoms with Crippen LogP contribution >= 0.6 is 34.8 Å². The fourth-order valence-electron chi connectivity index (χ4n) is 4.26. The quantitative estimate of drug-likeness (QED) is 0.163. The molecule has 0 bridgehead atoms. The molecule has 5 aromatic carbocycles. The zero-order valence-corrected chi connectivity index (χ0v) is 27.8. The molecule has 0 spiro atoms. The average Bonchev–Trinajstić information content (AvgIpc) is 3.02. The van der Waals surface area contributed by atoms with E-state index in [2.05, 4.69) is 5.32 Å². The lowest BCUT2D eigenvalue weighted by Gasteiger charge is -2.12. The van der Waals surface area contributed by atoms with Crippen LogP contribution in [0.5, 0.6) is 11.5 Å². The Morgan fingerprint density at radius 1 is 0.646 bits per heavy atom. The number of carbonyl (C=O) groups excluding carboxylic acids is 2. The number of amides is 3. The highest BCUT2D eigenvalue weighted by atomic mass is 35.5. The molecule has 3 amide bonds. The number of nitrogens with one attached hydrogen (secondary N) is 2. The molecule has 16 heteroatoms. The maximum Gasteiger partial charge on any atom is 0.326 e. The molecule has 48 heavy (non-hydrogen) atoms. The number of hydrogen-bond acceptors (Lipinski definition) is 7. The monoisotopic (exact) mass is 750 g/mol. The van der Waals surface area contributed by atoms with Crippen molar-refractivity contribution < 1.29 is 39.9 Å². The lowest BCUT2D eigenvalue weighted by molar-refractivity contribution is 0.0959. The van der Waals surface area contributed by atoms with Crippen LogP contribution < -0.4 is 15.4 Å². The minimum absolute atomic E-state index is 0.0106. The van der Waals surface area contributed by atoms with Crippen LogP contribution in [0.25, 0.3) is 0 Å². The van der Waals surface area contributed by atoms with Gasteiger partial charge in [-0.25, -0.2) is 30.4 Å². The molecule has 246 valence electrons. The topological polar surface area (TPSA) is 136 Å². The second-order valence-corrected chi connectivity index (χ2v) is 14.9. The van der Waals surface area contributed by atoms with Crippen LogP contribution in [0.15, 0.2) is 123 Å². The zero-order chi connectivity index (χ0) is 34.8. The standard InChI is InChI=1S/C32H19Cl3F2N2O7S2/c33-18-4-9-21(10-5-18)47(42,43)23-13-15-29(25(35)17-23)48(44,45)22-11-7-20(8-12-22)46-28-14-6-19(16-24(28)34)38-32(41)39-31(40)30-26(36)2-1-3-27(30)37/h1-17H,(H2,38,39,40,41). The van der Waals surface area contributed by atoms with Crippen molar-refractivity contribution >= 4 is 72.1 Å². The number of anilines is 1. The molecular weight excluding hydrogens is 733 g/mol. The van der Waals surface area contributed by atoms with Gasteiger partial charge in [-0.1, -0.05) is 40.9 Å². The molecule has 0 atom stereocenters. The lowest BCUT2D eigenvalue weighted by atomic mass is 10.2. The summed E-state index contributed by atoms with van der Waals surface area (Å²) in [6.45, 7) is 0. The molecule has 9 nitrogen and oxygen atoms in total. The predicted octanol–water partition coefficient (Wildman–Crippen LogP) is 8.34. The summed E-state index contributed by atoms with van der Waals surface area (Å²) in [6, 6.07) is 19.7. The summed E-state index contributed by atoms with van der Waals surface area (Å²) in [5.41, 5.74) is -0.813. The van der Waals surface area contributed by atoms with E-state index in [-0.39, 0.29) is 46.8 Å². The Balaban J connectivity index is 1.26. The highest BCUT2D eigenvalue weighted by Crippen LogP contribution is 2.35. The van der Waals surface area contributed by atoms with Crippen molar-refractivity contribution in [1.82, 2.24) is 5.32 Å². The maximum absolute atomic E-state index is 13.8. The third-order valence-electron chi connectivity index (χ3n) is 6.60. The van der Waals surface area contributed by atoms with E-state index in [4.69, 9.17) is 39.5 Å². The summed E-state index contributed by atoms with van der Waals surface area (Å²) in [5, 5.41) is 4.18. The Morgan fingerprint density at radius 2 is 1.23 bits per heavy atom. The van der Waals surface area contributed by atoms with Crippen molar-refractivity contribution in [2.24, 2.45) is 0 Å². The first-order valence-corrected chi connectivity index (χ1v) is 17.5. The SMILES string of the molecule is O=C(NC(=O)c1c(F)cccc1F)Nc1ccc(Oc2ccc(S(=O)(=O)c3ccc(S(=O)(=O)c4ccc(Cl)cc4)cc3Cl)cc2)c(Cl)c1. The van der Waals surface area contributed by atoms with Crippen molar-refractivity contribution in [3.8, 4) is 11.5 Å². The van der Waals surface area contributed by atoms with Crippen LogP contribution in [-0.4, -0.2) is 28.8 Å². The van der Waals surface area contributed by atoms with Crippen LogP contribution in [0.1, 0.15) is 10.4 Å². The maximum atomic E-state index is 13.8. The van der Waals surface area contributed by atoms with Gasteiger partial charge in [-0.05, 0) is 97.1 Å². The Kier molecular flexibility index (Phi) is 10.1. The number of carbonyl (C=O) groups is 2. The largest absolute Gasteiger partial charge is 0.456 e. The second kappa shape index (κ2) is 13.9. The summed E-state index contributed by atoms with van der Waals surface area (Å²) in [7, 11) is -8.18. The van der Waals surface area contributed by atoms with E-state index in [0.717, 1.165) is 36.4 Å². The molecule has 0 saturated carbocycles. The molecule has 0 radical (unpaired) electrons. The molecule has 0 heterocycles. The zero-order valence-electron chi connectivity index (χ0n) is 23.9. The van der Waals surface area contributed by atoms with Gasteiger partial charge in [-0.15, -0.1) is 0 Å². The van der Waals surface area contributed by atoms with Gasteiger partial charge in [0.25, 0.3) is 5.91 Å². The third-order valence-corrected chi connectivity index (χ3v) is 11.2. The number of hydrogen-bond donors (Lipinski definition) is 2. The molecule has 5 rings (SSSR count). The number of urea groups is 1. The summed E-state index contributed by atoms with van der Waals surface area (Å²) < 4.78 is 86.0. The molecule has 0 unspecified atom stereocenters. The van der Waals surface area contributed by atoms with E-state index in [9.17, 15) is 35.2 Å². The molecule has 0 fully saturated rings. The van der Waals surface area contributed by atoms with Crippen LogP contribution in [0.2, 0.25) is 15.1 Å². The second-order valence-electron chi connectivity index (χ2n) is 9.78. The van der Waals surface area contributed by atoms with E-state index in [1.807, 2.05) is 5.32 Å². The number of ether oxygens (including phenoxy) is 1. The van der Waals surface area contributed by atoms with Crippen molar-refractivity contribution in [2.45, 2.75) is 19.6 Å². The minimum atomic E-state index is -4.19. The molecule has 0 saturated heterocycles. The van der Waals surface area contributed by atoms with Gasteiger partial charge in [0.1, 0.15) is 28.7 Å². The smallest absolute Gasteiger partial charge is 0.326 e. The summed E-state index contributed by atoms with van der Waals surface area (Å²) in [6.07, 6.45) is 0. The van der Waals surface area contributed by atoms with Crippen molar-refractivity contribution in [1.29, 1.82) is 0 Å². The van der Waals surface area contributed by atoms with Gasteiger partial charge in [0.15, 0.2) is 0 Å². The minimum Gasteiger partial charge on any atom is -0.456 e. The van der Waals surface area contributed by atoms with Crippen LogP contribution in [0.3, 0.4) is 0 Å². The Labute approximate surface area is 287 Å². The molecule has 0 aromatic heterocycles. The summed E-state index contributed by atoms with van der Waals surface area (Å²) >= 11 is 18.4. The number of sulfone groups is 2.